The number of rotatable bonds is 4. The summed E-state index contributed by atoms with van der Waals surface area (Å²) in [6, 6.07) is 10.3. The molecule has 0 unspecified atom stereocenters. The molecule has 3 rings (SSSR count). The van der Waals surface area contributed by atoms with Crippen molar-refractivity contribution in [3.63, 3.8) is 0 Å². The van der Waals surface area contributed by atoms with Crippen LogP contribution in [0, 0.1) is 0 Å². The fraction of sp³-hybridized carbons (Fsp3) is 0.278. The lowest BCUT2D eigenvalue weighted by Crippen LogP contribution is -2.13. The van der Waals surface area contributed by atoms with Crippen molar-refractivity contribution in [2.24, 2.45) is 0 Å². The van der Waals surface area contributed by atoms with Crippen LogP contribution in [0.15, 0.2) is 36.4 Å². The van der Waals surface area contributed by atoms with E-state index in [1.54, 1.807) is 50.6 Å². The van der Waals surface area contributed by atoms with Gasteiger partial charge in [0.05, 0.1) is 33.1 Å². The van der Waals surface area contributed by atoms with Crippen molar-refractivity contribution in [3.05, 3.63) is 42.0 Å². The van der Waals surface area contributed by atoms with Crippen LogP contribution >= 0.6 is 0 Å². The first-order valence-electron chi connectivity index (χ1n) is 7.64. The van der Waals surface area contributed by atoms with Gasteiger partial charge in [0.25, 0.3) is 5.91 Å². The highest BCUT2D eigenvalue weighted by molar-refractivity contribution is 6.05. The van der Waals surface area contributed by atoms with Gasteiger partial charge in [-0.25, -0.2) is 0 Å². The normalized spacial score (nSPS) is 12.9. The van der Waals surface area contributed by atoms with Gasteiger partial charge in [0, 0.05) is 18.1 Å². The van der Waals surface area contributed by atoms with Gasteiger partial charge in [0.15, 0.2) is 11.5 Å². The van der Waals surface area contributed by atoms with E-state index in [4.69, 9.17) is 18.9 Å². The minimum absolute atomic E-state index is 0.266. The van der Waals surface area contributed by atoms with E-state index in [1.165, 1.54) is 0 Å². The molecule has 1 aliphatic heterocycles. The number of methoxy groups -OCH3 is 2. The zero-order valence-corrected chi connectivity index (χ0v) is 13.6. The van der Waals surface area contributed by atoms with Gasteiger partial charge in [0.2, 0.25) is 0 Å². The number of ether oxygens (including phenoxy) is 4. The molecule has 2 aromatic carbocycles. The molecule has 0 atom stereocenters. The molecule has 6 heteroatoms. The molecule has 24 heavy (non-hydrogen) atoms. The molecule has 0 spiro atoms. The summed E-state index contributed by atoms with van der Waals surface area (Å²) in [5.41, 5.74) is 1.01. The molecule has 0 aromatic heterocycles. The third-order valence-electron chi connectivity index (χ3n) is 3.66. The Kier molecular flexibility index (Phi) is 4.74. The van der Waals surface area contributed by atoms with Gasteiger partial charge in [-0.15, -0.1) is 0 Å². The lowest BCUT2D eigenvalue weighted by molar-refractivity contribution is 0.102. The first-order valence-corrected chi connectivity index (χ1v) is 7.64. The van der Waals surface area contributed by atoms with Crippen molar-refractivity contribution in [2.45, 2.75) is 6.42 Å². The molecule has 6 nitrogen and oxygen atoms in total. The molecular formula is C18H19NO5. The number of nitrogens with one attached hydrogen (secondary N) is 1. The molecule has 0 saturated carbocycles. The predicted molar refractivity (Wildman–Crippen MR) is 89.5 cm³/mol. The molecule has 0 radical (unpaired) electrons. The van der Waals surface area contributed by atoms with E-state index < -0.39 is 0 Å². The second kappa shape index (κ2) is 7.12. The van der Waals surface area contributed by atoms with Crippen LogP contribution in [0.4, 0.5) is 5.69 Å². The Labute approximate surface area is 140 Å². The van der Waals surface area contributed by atoms with Crippen LogP contribution in [-0.2, 0) is 0 Å². The third kappa shape index (κ3) is 3.37. The van der Waals surface area contributed by atoms with E-state index in [1.807, 2.05) is 0 Å². The maximum atomic E-state index is 12.5. The number of benzene rings is 2. The number of hydrogen-bond donors (Lipinski definition) is 1. The smallest absolute Gasteiger partial charge is 0.255 e. The lowest BCUT2D eigenvalue weighted by atomic mass is 10.1. The summed E-state index contributed by atoms with van der Waals surface area (Å²) in [6.07, 6.45) is 0.817. The quantitative estimate of drug-likeness (QED) is 0.933. The van der Waals surface area contributed by atoms with Crippen LogP contribution in [-0.4, -0.2) is 33.3 Å². The summed E-state index contributed by atoms with van der Waals surface area (Å²) >= 11 is 0. The first kappa shape index (κ1) is 16.0. The average Bonchev–Trinajstić information content (AvgIpc) is 2.86. The Morgan fingerprint density at radius 3 is 2.54 bits per heavy atom. The summed E-state index contributed by atoms with van der Waals surface area (Å²) in [5.74, 6) is 2.15. The SMILES string of the molecule is COc1ccc(OC)c(NC(=O)c2ccc3c(c2)OCCCO3)c1. The number of amides is 1. The van der Waals surface area contributed by atoms with Crippen LogP contribution in [0.3, 0.4) is 0 Å². The van der Waals surface area contributed by atoms with Gasteiger partial charge >= 0.3 is 0 Å². The molecule has 1 heterocycles. The number of hydrogen-bond acceptors (Lipinski definition) is 5. The molecule has 2 aromatic rings. The molecule has 0 fully saturated rings. The van der Waals surface area contributed by atoms with Crippen LogP contribution in [0.1, 0.15) is 16.8 Å². The number of carbonyl (C=O) groups excluding carboxylic acids is 1. The fourth-order valence-corrected chi connectivity index (χ4v) is 2.41. The summed E-state index contributed by atoms with van der Waals surface area (Å²) in [6.45, 7) is 1.18. The van der Waals surface area contributed by atoms with Crippen molar-refractivity contribution >= 4 is 11.6 Å². The van der Waals surface area contributed by atoms with Gasteiger partial charge in [0.1, 0.15) is 11.5 Å². The van der Waals surface area contributed by atoms with E-state index >= 15 is 0 Å². The van der Waals surface area contributed by atoms with Gasteiger partial charge in [-0.1, -0.05) is 0 Å². The fourth-order valence-electron chi connectivity index (χ4n) is 2.41. The van der Waals surface area contributed by atoms with E-state index in [0.717, 1.165) is 6.42 Å². The van der Waals surface area contributed by atoms with E-state index in [9.17, 15) is 4.79 Å². The molecular weight excluding hydrogens is 310 g/mol. The maximum absolute atomic E-state index is 12.5. The van der Waals surface area contributed by atoms with Gasteiger partial charge in [-0.3, -0.25) is 4.79 Å². The summed E-state index contributed by atoms with van der Waals surface area (Å²) in [7, 11) is 3.11. The summed E-state index contributed by atoms with van der Waals surface area (Å²) in [5, 5.41) is 2.83. The molecule has 0 aliphatic carbocycles. The van der Waals surface area contributed by atoms with E-state index in [0.29, 0.717) is 47.5 Å². The molecule has 1 amide bonds. The van der Waals surface area contributed by atoms with Gasteiger partial charge in [-0.05, 0) is 30.3 Å². The average molecular weight is 329 g/mol. The Morgan fingerprint density at radius 1 is 1.00 bits per heavy atom. The summed E-state index contributed by atoms with van der Waals surface area (Å²) in [4.78, 5) is 12.5. The van der Waals surface area contributed by atoms with E-state index in [-0.39, 0.29) is 5.91 Å². The Bertz CT molecular complexity index is 744. The Morgan fingerprint density at radius 2 is 1.79 bits per heavy atom. The van der Waals surface area contributed by atoms with Crippen molar-refractivity contribution in [1.82, 2.24) is 0 Å². The topological polar surface area (TPSA) is 66.0 Å². The van der Waals surface area contributed by atoms with Crippen molar-refractivity contribution in [3.8, 4) is 23.0 Å². The first-order chi connectivity index (χ1) is 11.7. The highest BCUT2D eigenvalue weighted by atomic mass is 16.5. The third-order valence-corrected chi connectivity index (χ3v) is 3.66. The van der Waals surface area contributed by atoms with Crippen molar-refractivity contribution in [2.75, 3.05) is 32.8 Å². The number of anilines is 1. The predicted octanol–water partition coefficient (Wildman–Crippen LogP) is 3.12. The van der Waals surface area contributed by atoms with Gasteiger partial charge in [-0.2, -0.15) is 0 Å². The molecule has 1 aliphatic rings. The largest absolute Gasteiger partial charge is 0.497 e. The monoisotopic (exact) mass is 329 g/mol. The standard InChI is InChI=1S/C18H19NO5/c1-21-13-5-7-15(22-2)14(11-13)19-18(20)12-4-6-16-17(10-12)24-9-3-8-23-16/h4-7,10-11H,3,8-9H2,1-2H3,(H,19,20). The van der Waals surface area contributed by atoms with Crippen LogP contribution in [0.25, 0.3) is 0 Å². The zero-order chi connectivity index (χ0) is 16.9. The minimum atomic E-state index is -0.266. The van der Waals surface area contributed by atoms with Crippen LogP contribution in [0.5, 0.6) is 23.0 Å². The second-order valence-corrected chi connectivity index (χ2v) is 5.23. The van der Waals surface area contributed by atoms with Gasteiger partial charge < -0.3 is 24.3 Å². The van der Waals surface area contributed by atoms with Crippen molar-refractivity contribution in [1.29, 1.82) is 0 Å². The second-order valence-electron chi connectivity index (χ2n) is 5.23. The van der Waals surface area contributed by atoms with E-state index in [2.05, 4.69) is 5.32 Å². The zero-order valence-electron chi connectivity index (χ0n) is 13.6. The molecule has 126 valence electrons. The molecule has 1 N–H and O–H groups in total. The summed E-state index contributed by atoms with van der Waals surface area (Å²) < 4.78 is 21.7. The highest BCUT2D eigenvalue weighted by Crippen LogP contribution is 2.32. The number of carbonyl (C=O) groups is 1. The minimum Gasteiger partial charge on any atom is -0.497 e. The Hall–Kier alpha value is -2.89. The maximum Gasteiger partial charge on any atom is 0.255 e. The highest BCUT2D eigenvalue weighted by Gasteiger charge is 2.16. The van der Waals surface area contributed by atoms with Crippen LogP contribution < -0.4 is 24.3 Å². The Balaban J connectivity index is 1.84. The molecule has 0 bridgehead atoms. The van der Waals surface area contributed by atoms with Crippen molar-refractivity contribution < 1.29 is 23.7 Å². The molecule has 0 saturated heterocycles. The lowest BCUT2D eigenvalue weighted by Gasteiger charge is -2.13. The van der Waals surface area contributed by atoms with Crippen LogP contribution in [0.2, 0.25) is 0 Å². The number of fused-ring (bicyclic) bond motifs is 1.